The molecule has 0 radical (unpaired) electrons. The van der Waals surface area contributed by atoms with Crippen LogP contribution in [-0.2, 0) is 11.3 Å². The summed E-state index contributed by atoms with van der Waals surface area (Å²) < 4.78 is 19.3. The van der Waals surface area contributed by atoms with Crippen LogP contribution < -0.4 is 0 Å². The van der Waals surface area contributed by atoms with Crippen LogP contribution in [0.2, 0.25) is 0 Å². The monoisotopic (exact) mass is 248 g/mol. The van der Waals surface area contributed by atoms with E-state index >= 15 is 0 Å². The summed E-state index contributed by atoms with van der Waals surface area (Å²) in [6, 6.07) is 6.55. The van der Waals surface area contributed by atoms with E-state index in [2.05, 4.69) is 4.90 Å². The van der Waals surface area contributed by atoms with Gasteiger partial charge < -0.3 is 4.74 Å². The van der Waals surface area contributed by atoms with Crippen molar-refractivity contribution in [2.75, 3.05) is 19.7 Å². The molecule has 96 valence electrons. The molecule has 1 aromatic rings. The van der Waals surface area contributed by atoms with E-state index in [1.807, 2.05) is 13.0 Å². The van der Waals surface area contributed by atoms with E-state index in [-0.39, 0.29) is 11.9 Å². The lowest BCUT2D eigenvalue weighted by Crippen LogP contribution is -2.30. The van der Waals surface area contributed by atoms with Crippen LogP contribution in [0.4, 0.5) is 4.39 Å². The first-order valence-corrected chi connectivity index (χ1v) is 6.21. The fourth-order valence-corrected chi connectivity index (χ4v) is 2.23. The van der Waals surface area contributed by atoms with Crippen molar-refractivity contribution in [3.8, 4) is 6.07 Å². The highest BCUT2D eigenvalue weighted by Gasteiger charge is 2.16. The van der Waals surface area contributed by atoms with Crippen molar-refractivity contribution in [3.05, 3.63) is 35.1 Å². The normalized spacial score (nSPS) is 21.3. The molecule has 0 N–H and O–H groups in total. The smallest absolute Gasteiger partial charge is 0.127 e. The Morgan fingerprint density at radius 1 is 1.56 bits per heavy atom. The molecule has 18 heavy (non-hydrogen) atoms. The minimum Gasteiger partial charge on any atom is -0.377 e. The van der Waals surface area contributed by atoms with Gasteiger partial charge in [0.05, 0.1) is 17.7 Å². The Labute approximate surface area is 107 Å². The summed E-state index contributed by atoms with van der Waals surface area (Å²) in [5, 5.41) is 8.84. The zero-order valence-corrected chi connectivity index (χ0v) is 10.5. The number of nitriles is 1. The fraction of sp³-hybridized carbons (Fsp3) is 0.500. The predicted molar refractivity (Wildman–Crippen MR) is 66.4 cm³/mol. The molecule has 1 aliphatic rings. The summed E-state index contributed by atoms with van der Waals surface area (Å²) >= 11 is 0. The lowest BCUT2D eigenvalue weighted by Gasteiger charge is -2.22. The van der Waals surface area contributed by atoms with E-state index in [9.17, 15) is 4.39 Å². The van der Waals surface area contributed by atoms with E-state index < -0.39 is 0 Å². The Hall–Kier alpha value is -1.44. The SMILES string of the molecule is CC1CN(Cc2cc(C#N)ccc2F)CCCO1. The maximum absolute atomic E-state index is 13.7. The van der Waals surface area contributed by atoms with Crippen molar-refractivity contribution in [1.82, 2.24) is 4.90 Å². The van der Waals surface area contributed by atoms with Crippen LogP contribution in [-0.4, -0.2) is 30.7 Å². The van der Waals surface area contributed by atoms with Gasteiger partial charge in [0.2, 0.25) is 0 Å². The van der Waals surface area contributed by atoms with Gasteiger partial charge in [-0.3, -0.25) is 4.90 Å². The van der Waals surface area contributed by atoms with Gasteiger partial charge in [0, 0.05) is 31.8 Å². The standard InChI is InChI=1S/C14H17FN2O/c1-11-9-17(5-2-6-18-11)10-13-7-12(8-16)3-4-14(13)15/h3-4,7,11H,2,5-6,9-10H2,1H3. The van der Waals surface area contributed by atoms with Crippen LogP contribution in [0.1, 0.15) is 24.5 Å². The molecule has 2 rings (SSSR count). The third-order valence-corrected chi connectivity index (χ3v) is 3.11. The molecule has 1 aliphatic heterocycles. The number of hydrogen-bond donors (Lipinski definition) is 0. The highest BCUT2D eigenvalue weighted by atomic mass is 19.1. The first-order chi connectivity index (χ1) is 8.69. The van der Waals surface area contributed by atoms with Gasteiger partial charge in [-0.1, -0.05) is 0 Å². The maximum Gasteiger partial charge on any atom is 0.127 e. The van der Waals surface area contributed by atoms with E-state index in [1.165, 1.54) is 12.1 Å². The molecule has 4 heteroatoms. The zero-order chi connectivity index (χ0) is 13.0. The van der Waals surface area contributed by atoms with Gasteiger partial charge in [0.1, 0.15) is 5.82 Å². The highest BCUT2D eigenvalue weighted by molar-refractivity contribution is 5.33. The average molecular weight is 248 g/mol. The third kappa shape index (κ3) is 3.28. The molecule has 0 spiro atoms. The number of rotatable bonds is 2. The van der Waals surface area contributed by atoms with Crippen molar-refractivity contribution in [2.24, 2.45) is 0 Å². The summed E-state index contributed by atoms with van der Waals surface area (Å²) in [5.74, 6) is -0.244. The number of benzene rings is 1. The van der Waals surface area contributed by atoms with Gasteiger partial charge in [-0.2, -0.15) is 5.26 Å². The molecular formula is C14H17FN2O. The lowest BCUT2D eigenvalue weighted by molar-refractivity contribution is 0.0666. The molecule has 1 fully saturated rings. The molecule has 0 aliphatic carbocycles. The van der Waals surface area contributed by atoms with E-state index in [0.717, 1.165) is 26.1 Å². The van der Waals surface area contributed by atoms with Gasteiger partial charge in [0.25, 0.3) is 0 Å². The summed E-state index contributed by atoms with van der Waals surface area (Å²) in [6.45, 7) is 5.03. The topological polar surface area (TPSA) is 36.3 Å². The molecule has 0 bridgehead atoms. The van der Waals surface area contributed by atoms with E-state index in [0.29, 0.717) is 17.7 Å². The van der Waals surface area contributed by atoms with E-state index in [4.69, 9.17) is 10.00 Å². The Balaban J connectivity index is 2.10. The Morgan fingerprint density at radius 3 is 3.17 bits per heavy atom. The van der Waals surface area contributed by atoms with Gasteiger partial charge in [0.15, 0.2) is 0 Å². The van der Waals surface area contributed by atoms with Crippen molar-refractivity contribution in [1.29, 1.82) is 5.26 Å². The minimum absolute atomic E-state index is 0.176. The molecule has 1 aromatic carbocycles. The molecule has 0 aromatic heterocycles. The second-order valence-corrected chi connectivity index (χ2v) is 4.69. The van der Waals surface area contributed by atoms with Crippen LogP contribution in [0.3, 0.4) is 0 Å². The van der Waals surface area contributed by atoms with Crippen LogP contribution in [0.25, 0.3) is 0 Å². The fourth-order valence-electron chi connectivity index (χ4n) is 2.23. The second-order valence-electron chi connectivity index (χ2n) is 4.69. The summed E-state index contributed by atoms with van der Waals surface area (Å²) in [6.07, 6.45) is 1.14. The van der Waals surface area contributed by atoms with Gasteiger partial charge in [-0.05, 0) is 31.5 Å². The molecule has 1 unspecified atom stereocenters. The molecule has 1 heterocycles. The summed E-state index contributed by atoms with van der Waals surface area (Å²) in [5.41, 5.74) is 1.09. The number of hydrogen-bond acceptors (Lipinski definition) is 3. The highest BCUT2D eigenvalue weighted by Crippen LogP contribution is 2.15. The van der Waals surface area contributed by atoms with Gasteiger partial charge >= 0.3 is 0 Å². The van der Waals surface area contributed by atoms with Crippen LogP contribution in [0.15, 0.2) is 18.2 Å². The largest absolute Gasteiger partial charge is 0.377 e. The van der Waals surface area contributed by atoms with Crippen molar-refractivity contribution < 1.29 is 9.13 Å². The van der Waals surface area contributed by atoms with Gasteiger partial charge in [-0.15, -0.1) is 0 Å². The first kappa shape index (κ1) is 13.0. The first-order valence-electron chi connectivity index (χ1n) is 6.21. The molecular weight excluding hydrogens is 231 g/mol. The number of nitrogens with zero attached hydrogens (tertiary/aromatic N) is 2. The zero-order valence-electron chi connectivity index (χ0n) is 10.5. The summed E-state index contributed by atoms with van der Waals surface area (Å²) in [7, 11) is 0. The Kier molecular flexibility index (Phi) is 4.29. The van der Waals surface area contributed by atoms with E-state index in [1.54, 1.807) is 6.07 Å². The van der Waals surface area contributed by atoms with Gasteiger partial charge in [-0.25, -0.2) is 4.39 Å². The van der Waals surface area contributed by atoms with Crippen LogP contribution in [0, 0.1) is 17.1 Å². The minimum atomic E-state index is -0.244. The number of halogens is 1. The van der Waals surface area contributed by atoms with Crippen LogP contribution in [0.5, 0.6) is 0 Å². The quantitative estimate of drug-likeness (QED) is 0.805. The maximum atomic E-state index is 13.7. The Morgan fingerprint density at radius 2 is 2.39 bits per heavy atom. The lowest BCUT2D eigenvalue weighted by atomic mass is 10.1. The summed E-state index contributed by atoms with van der Waals surface area (Å²) in [4.78, 5) is 2.18. The Bertz CT molecular complexity index is 456. The van der Waals surface area contributed by atoms with Crippen molar-refractivity contribution >= 4 is 0 Å². The third-order valence-electron chi connectivity index (χ3n) is 3.11. The molecule has 3 nitrogen and oxygen atoms in total. The number of ether oxygens (including phenoxy) is 1. The van der Waals surface area contributed by atoms with Crippen LogP contribution >= 0.6 is 0 Å². The molecule has 1 saturated heterocycles. The molecule has 0 amide bonds. The average Bonchev–Trinajstić information content (AvgIpc) is 2.56. The van der Waals surface area contributed by atoms with Crippen molar-refractivity contribution in [3.63, 3.8) is 0 Å². The predicted octanol–water partition coefficient (Wildman–Crippen LogP) is 2.31. The molecule has 1 atom stereocenters. The second kappa shape index (κ2) is 5.94. The van der Waals surface area contributed by atoms with Crippen molar-refractivity contribution in [2.45, 2.75) is 26.0 Å². The molecule has 0 saturated carbocycles.